The van der Waals surface area contributed by atoms with Crippen LogP contribution in [0.15, 0.2) is 30.3 Å². The molecule has 2 aromatic rings. The van der Waals surface area contributed by atoms with Crippen molar-refractivity contribution in [3.05, 3.63) is 57.3 Å². The summed E-state index contributed by atoms with van der Waals surface area (Å²) in [5.74, 6) is -0.716. The van der Waals surface area contributed by atoms with E-state index >= 15 is 0 Å². The summed E-state index contributed by atoms with van der Waals surface area (Å²) in [6.07, 6.45) is 5.97. The minimum absolute atomic E-state index is 0.130. The van der Waals surface area contributed by atoms with Gasteiger partial charge in [-0.25, -0.2) is 9.48 Å². The van der Waals surface area contributed by atoms with Crippen molar-refractivity contribution in [3.8, 4) is 0 Å². The molecule has 2 aliphatic rings. The average Bonchev–Trinajstić information content (AvgIpc) is 3.16. The summed E-state index contributed by atoms with van der Waals surface area (Å²) in [6.45, 7) is 9.48. The van der Waals surface area contributed by atoms with E-state index in [4.69, 9.17) is 27.9 Å². The van der Waals surface area contributed by atoms with Crippen molar-refractivity contribution in [2.75, 3.05) is 13.2 Å². The first-order valence-corrected chi connectivity index (χ1v) is 12.3. The minimum atomic E-state index is -0.587. The zero-order valence-electron chi connectivity index (χ0n) is 20.1. The SMILES string of the molecule is Cc1nn(Cc2ccccc2Cl)c(Cl)c1/C=C/C(=O)OCC(=O)N1CC2(C)CC1CC(C)(C)C2. The number of aryl methyl sites for hydroxylation is 1. The van der Waals surface area contributed by atoms with Crippen LogP contribution in [-0.4, -0.2) is 45.8 Å². The minimum Gasteiger partial charge on any atom is -0.452 e. The second-order valence-electron chi connectivity index (χ2n) is 10.7. The summed E-state index contributed by atoms with van der Waals surface area (Å²) in [4.78, 5) is 27.0. The number of likely N-dealkylation sites (tertiary alicyclic amines) is 1. The summed E-state index contributed by atoms with van der Waals surface area (Å²) in [7, 11) is 0. The highest BCUT2D eigenvalue weighted by Crippen LogP contribution is 2.52. The molecule has 2 atom stereocenters. The smallest absolute Gasteiger partial charge is 0.331 e. The van der Waals surface area contributed by atoms with Gasteiger partial charge < -0.3 is 9.64 Å². The van der Waals surface area contributed by atoms with Crippen LogP contribution in [0.5, 0.6) is 0 Å². The summed E-state index contributed by atoms with van der Waals surface area (Å²) in [5.41, 5.74) is 2.56. The Hall–Kier alpha value is -2.31. The van der Waals surface area contributed by atoms with E-state index in [0.717, 1.165) is 31.4 Å². The lowest BCUT2D eigenvalue weighted by molar-refractivity contribution is -0.148. The van der Waals surface area contributed by atoms with E-state index in [-0.39, 0.29) is 29.4 Å². The van der Waals surface area contributed by atoms with Gasteiger partial charge in [0.15, 0.2) is 6.61 Å². The molecule has 1 aliphatic carbocycles. The predicted octanol–water partition coefficient (Wildman–Crippen LogP) is 5.53. The van der Waals surface area contributed by atoms with Crippen LogP contribution in [0.1, 0.15) is 56.9 Å². The molecule has 8 heteroatoms. The highest BCUT2D eigenvalue weighted by atomic mass is 35.5. The third kappa shape index (κ3) is 5.33. The summed E-state index contributed by atoms with van der Waals surface area (Å²) < 4.78 is 6.90. The summed E-state index contributed by atoms with van der Waals surface area (Å²) in [5, 5.41) is 5.50. The number of rotatable bonds is 6. The van der Waals surface area contributed by atoms with Gasteiger partial charge in [-0.1, -0.05) is 62.2 Å². The first kappa shape index (κ1) is 24.8. The van der Waals surface area contributed by atoms with Gasteiger partial charge in [-0.05, 0) is 54.7 Å². The first-order chi connectivity index (χ1) is 16.0. The number of hydrogen-bond acceptors (Lipinski definition) is 4. The van der Waals surface area contributed by atoms with E-state index in [1.807, 2.05) is 36.1 Å². The van der Waals surface area contributed by atoms with Gasteiger partial charge in [-0.15, -0.1) is 0 Å². The Balaban J connectivity index is 1.35. The second-order valence-corrected chi connectivity index (χ2v) is 11.5. The molecular formula is C26H31Cl2N3O3. The van der Waals surface area contributed by atoms with Crippen molar-refractivity contribution >= 4 is 41.2 Å². The molecule has 182 valence electrons. The lowest BCUT2D eigenvalue weighted by atomic mass is 9.65. The largest absolute Gasteiger partial charge is 0.452 e. The first-order valence-electron chi connectivity index (χ1n) is 11.6. The summed E-state index contributed by atoms with van der Waals surface area (Å²) >= 11 is 12.8. The number of benzene rings is 1. The number of nitrogens with zero attached hydrogens (tertiary/aromatic N) is 3. The maximum atomic E-state index is 12.8. The maximum Gasteiger partial charge on any atom is 0.331 e. The number of carbonyl (C=O) groups excluding carboxylic acids is 2. The Morgan fingerprint density at radius 3 is 2.68 bits per heavy atom. The fourth-order valence-corrected chi connectivity index (χ4v) is 6.31. The molecule has 2 fully saturated rings. The van der Waals surface area contributed by atoms with Crippen molar-refractivity contribution in [1.82, 2.24) is 14.7 Å². The summed E-state index contributed by atoms with van der Waals surface area (Å²) in [6, 6.07) is 7.72. The van der Waals surface area contributed by atoms with Crippen LogP contribution in [0.4, 0.5) is 0 Å². The number of fused-ring (bicyclic) bond motifs is 2. The third-order valence-electron chi connectivity index (χ3n) is 6.85. The maximum absolute atomic E-state index is 12.8. The number of ether oxygens (including phenoxy) is 1. The Morgan fingerprint density at radius 2 is 1.94 bits per heavy atom. The molecule has 2 unspecified atom stereocenters. The molecule has 1 amide bonds. The lowest BCUT2D eigenvalue weighted by Crippen LogP contribution is -2.39. The number of amides is 1. The van der Waals surface area contributed by atoms with Crippen LogP contribution < -0.4 is 0 Å². The van der Waals surface area contributed by atoms with Gasteiger partial charge in [0.05, 0.1) is 12.2 Å². The molecule has 34 heavy (non-hydrogen) atoms. The lowest BCUT2D eigenvalue weighted by Gasteiger charge is -2.39. The van der Waals surface area contributed by atoms with E-state index in [1.165, 1.54) is 6.08 Å². The van der Waals surface area contributed by atoms with E-state index in [2.05, 4.69) is 25.9 Å². The zero-order valence-corrected chi connectivity index (χ0v) is 21.6. The molecule has 1 saturated carbocycles. The molecular weight excluding hydrogens is 473 g/mol. The molecule has 2 bridgehead atoms. The fourth-order valence-electron chi connectivity index (χ4n) is 5.82. The molecule has 1 saturated heterocycles. The van der Waals surface area contributed by atoms with Crippen LogP contribution in [0, 0.1) is 17.8 Å². The molecule has 1 aromatic heterocycles. The van der Waals surface area contributed by atoms with E-state index in [1.54, 1.807) is 10.8 Å². The molecule has 4 rings (SSSR count). The molecule has 0 N–H and O–H groups in total. The van der Waals surface area contributed by atoms with Crippen LogP contribution in [0.25, 0.3) is 6.08 Å². The van der Waals surface area contributed by atoms with Crippen LogP contribution in [0.3, 0.4) is 0 Å². The molecule has 1 aliphatic heterocycles. The fraction of sp³-hybridized carbons (Fsp3) is 0.500. The van der Waals surface area contributed by atoms with E-state index in [0.29, 0.717) is 28.0 Å². The Labute approximate surface area is 210 Å². The highest BCUT2D eigenvalue weighted by molar-refractivity contribution is 6.32. The Kier molecular flexibility index (Phi) is 6.85. The van der Waals surface area contributed by atoms with Gasteiger partial charge >= 0.3 is 5.97 Å². The number of carbonyl (C=O) groups is 2. The van der Waals surface area contributed by atoms with Gasteiger partial charge in [-0.3, -0.25) is 4.79 Å². The highest BCUT2D eigenvalue weighted by Gasteiger charge is 2.50. The van der Waals surface area contributed by atoms with Gasteiger partial charge in [0.25, 0.3) is 5.91 Å². The van der Waals surface area contributed by atoms with Crippen molar-refractivity contribution in [3.63, 3.8) is 0 Å². The number of halogens is 2. The van der Waals surface area contributed by atoms with Crippen molar-refractivity contribution < 1.29 is 14.3 Å². The van der Waals surface area contributed by atoms with Gasteiger partial charge in [-0.2, -0.15) is 5.10 Å². The standard InChI is InChI=1S/C26H31Cl2N3O3/c1-17-20(24(28)31(29-17)13-18-7-5-6-8-21(18)27)9-10-23(33)34-14-22(32)30-16-26(4)12-19(30)11-25(2,3)15-26/h5-10,19H,11-16H2,1-4H3/b10-9+. The topological polar surface area (TPSA) is 64.4 Å². The molecule has 0 spiro atoms. The molecule has 2 heterocycles. The molecule has 0 radical (unpaired) electrons. The normalized spacial score (nSPS) is 23.5. The third-order valence-corrected chi connectivity index (χ3v) is 7.61. The quantitative estimate of drug-likeness (QED) is 0.383. The second kappa shape index (κ2) is 9.38. The van der Waals surface area contributed by atoms with Gasteiger partial charge in [0.2, 0.25) is 0 Å². The monoisotopic (exact) mass is 503 g/mol. The number of aromatic nitrogens is 2. The van der Waals surface area contributed by atoms with Crippen LogP contribution in [0.2, 0.25) is 10.2 Å². The molecule has 1 aromatic carbocycles. The van der Waals surface area contributed by atoms with E-state index < -0.39 is 5.97 Å². The van der Waals surface area contributed by atoms with Crippen molar-refractivity contribution in [2.45, 2.75) is 59.5 Å². The Bertz CT molecular complexity index is 1140. The number of esters is 1. The average molecular weight is 504 g/mol. The zero-order chi connectivity index (χ0) is 24.7. The Morgan fingerprint density at radius 1 is 1.21 bits per heavy atom. The van der Waals surface area contributed by atoms with Gasteiger partial charge in [0.1, 0.15) is 5.15 Å². The van der Waals surface area contributed by atoms with Crippen LogP contribution in [-0.2, 0) is 20.9 Å². The van der Waals surface area contributed by atoms with Crippen LogP contribution >= 0.6 is 23.2 Å². The van der Waals surface area contributed by atoms with Crippen molar-refractivity contribution in [1.29, 1.82) is 0 Å². The number of hydrogen-bond donors (Lipinski definition) is 0. The van der Waals surface area contributed by atoms with Crippen molar-refractivity contribution in [2.24, 2.45) is 10.8 Å². The van der Waals surface area contributed by atoms with Gasteiger partial charge in [0, 0.05) is 29.2 Å². The van der Waals surface area contributed by atoms with E-state index in [9.17, 15) is 9.59 Å². The predicted molar refractivity (Wildman–Crippen MR) is 134 cm³/mol. The molecule has 6 nitrogen and oxygen atoms in total.